The number of benzene rings is 1. The summed E-state index contributed by atoms with van der Waals surface area (Å²) in [5.41, 5.74) is 8.20. The Morgan fingerprint density at radius 2 is 2.30 bits per heavy atom. The Hall–Kier alpha value is -1.31. The van der Waals surface area contributed by atoms with Gasteiger partial charge in [-0.25, -0.2) is 0 Å². The first kappa shape index (κ1) is 5.47. The molecule has 0 unspecified atom stereocenters. The van der Waals surface area contributed by atoms with Crippen LogP contribution < -0.4 is 5.73 Å². The second kappa shape index (κ2) is 1.59. The molecule has 1 aliphatic rings. The van der Waals surface area contributed by atoms with Gasteiger partial charge in [0.05, 0.1) is 0 Å². The molecule has 0 spiro atoms. The van der Waals surface area contributed by atoms with Gasteiger partial charge >= 0.3 is 0 Å². The van der Waals surface area contributed by atoms with Crippen LogP contribution in [-0.2, 0) is 6.42 Å². The van der Waals surface area contributed by atoms with E-state index in [2.05, 4.69) is 0 Å². The summed E-state index contributed by atoms with van der Waals surface area (Å²) in [6, 6.07) is 5.65. The Kier molecular flexibility index (Phi) is 0.873. The number of carbonyl (C=O) groups is 1. The van der Waals surface area contributed by atoms with Crippen LogP contribution in [0.15, 0.2) is 18.2 Å². The highest BCUT2D eigenvalue weighted by Crippen LogP contribution is 2.30. The third-order valence-corrected chi connectivity index (χ3v) is 1.78. The molecular weight excluding hydrogens is 126 g/mol. The first-order valence-electron chi connectivity index (χ1n) is 3.19. The highest BCUT2D eigenvalue weighted by molar-refractivity contribution is 5.96. The average Bonchev–Trinajstić information content (AvgIpc) is 2.63. The molecule has 1 aromatic carbocycles. The van der Waals surface area contributed by atoms with Crippen molar-refractivity contribution in [3.8, 4) is 0 Å². The Labute approximate surface area is 58.7 Å². The smallest absolute Gasteiger partial charge is 0.248 e. The number of carbonyl (C=O) groups excluding carboxylic acids is 1. The quantitative estimate of drug-likeness (QED) is 0.611. The summed E-state index contributed by atoms with van der Waals surface area (Å²) in [5, 5.41) is 0. The van der Waals surface area contributed by atoms with Crippen LogP contribution in [0.2, 0.25) is 0 Å². The van der Waals surface area contributed by atoms with E-state index < -0.39 is 0 Å². The fraction of sp³-hybridized carbons (Fsp3) is 0.125. The highest BCUT2D eigenvalue weighted by Gasteiger charge is 2.22. The van der Waals surface area contributed by atoms with Gasteiger partial charge in [0.2, 0.25) is 5.91 Å². The molecule has 2 rings (SSSR count). The van der Waals surface area contributed by atoms with Crippen LogP contribution in [0.3, 0.4) is 0 Å². The second-order valence-electron chi connectivity index (χ2n) is 2.48. The van der Waals surface area contributed by atoms with Crippen molar-refractivity contribution in [3.05, 3.63) is 34.9 Å². The lowest BCUT2D eigenvalue weighted by Crippen LogP contribution is -2.10. The van der Waals surface area contributed by atoms with Gasteiger partial charge in [-0.3, -0.25) is 4.79 Å². The van der Waals surface area contributed by atoms with E-state index >= 15 is 0 Å². The van der Waals surface area contributed by atoms with Gasteiger partial charge < -0.3 is 5.73 Å². The molecule has 2 nitrogen and oxygen atoms in total. The van der Waals surface area contributed by atoms with Gasteiger partial charge in [-0.1, -0.05) is 12.1 Å². The summed E-state index contributed by atoms with van der Waals surface area (Å²) in [7, 11) is 0. The Bertz CT molecular complexity index is 304. The monoisotopic (exact) mass is 133 g/mol. The molecule has 1 amide bonds. The zero-order chi connectivity index (χ0) is 7.14. The van der Waals surface area contributed by atoms with Crippen LogP contribution in [0.5, 0.6) is 0 Å². The van der Waals surface area contributed by atoms with Gasteiger partial charge in [0.1, 0.15) is 0 Å². The van der Waals surface area contributed by atoms with E-state index in [-0.39, 0.29) is 5.91 Å². The molecule has 1 aliphatic carbocycles. The maximum absolute atomic E-state index is 10.7. The molecule has 0 aromatic heterocycles. The maximum atomic E-state index is 10.7. The zero-order valence-electron chi connectivity index (χ0n) is 5.42. The first-order chi connectivity index (χ1) is 4.79. The fourth-order valence-electron chi connectivity index (χ4n) is 1.17. The largest absolute Gasteiger partial charge is 0.366 e. The molecule has 0 saturated carbocycles. The number of amides is 1. The van der Waals surface area contributed by atoms with Crippen molar-refractivity contribution in [2.75, 3.05) is 0 Å². The molecule has 2 heteroatoms. The molecule has 50 valence electrons. The minimum atomic E-state index is -0.311. The van der Waals surface area contributed by atoms with Crippen LogP contribution in [0.4, 0.5) is 0 Å². The summed E-state index contributed by atoms with van der Waals surface area (Å²) in [6.45, 7) is 0. The van der Waals surface area contributed by atoms with Gasteiger partial charge in [-0.2, -0.15) is 0 Å². The number of nitrogens with two attached hydrogens (primary N) is 1. The fourth-order valence-corrected chi connectivity index (χ4v) is 1.17. The molecule has 0 radical (unpaired) electrons. The third-order valence-electron chi connectivity index (χ3n) is 1.78. The van der Waals surface area contributed by atoms with Crippen molar-refractivity contribution in [3.63, 3.8) is 0 Å². The number of hydrogen-bond acceptors (Lipinski definition) is 1. The Morgan fingerprint density at radius 1 is 1.50 bits per heavy atom. The van der Waals surface area contributed by atoms with E-state index in [0.29, 0.717) is 5.56 Å². The number of primary amides is 1. The third kappa shape index (κ3) is 0.620. The van der Waals surface area contributed by atoms with Crippen molar-refractivity contribution < 1.29 is 4.79 Å². The Balaban J connectivity index is 2.56. The highest BCUT2D eigenvalue weighted by atomic mass is 16.1. The summed E-state index contributed by atoms with van der Waals surface area (Å²) >= 11 is 0. The van der Waals surface area contributed by atoms with E-state index in [1.165, 1.54) is 5.56 Å². The molecule has 10 heavy (non-hydrogen) atoms. The van der Waals surface area contributed by atoms with Gasteiger partial charge in [0, 0.05) is 5.56 Å². The van der Waals surface area contributed by atoms with Gasteiger partial charge in [0.15, 0.2) is 0 Å². The van der Waals surface area contributed by atoms with E-state index in [0.717, 1.165) is 12.0 Å². The Morgan fingerprint density at radius 3 is 2.90 bits per heavy atom. The molecule has 2 N–H and O–H groups in total. The van der Waals surface area contributed by atoms with E-state index in [9.17, 15) is 4.79 Å². The molecule has 0 bridgehead atoms. The number of hydrogen-bond donors (Lipinski definition) is 1. The topological polar surface area (TPSA) is 43.1 Å². The van der Waals surface area contributed by atoms with Crippen LogP contribution in [0.1, 0.15) is 21.5 Å². The maximum Gasteiger partial charge on any atom is 0.248 e. The minimum absolute atomic E-state index is 0.311. The summed E-state index contributed by atoms with van der Waals surface area (Å²) in [5.74, 6) is -0.311. The van der Waals surface area contributed by atoms with Crippen molar-refractivity contribution in [2.24, 2.45) is 5.73 Å². The molecule has 1 aromatic rings. The van der Waals surface area contributed by atoms with Crippen LogP contribution in [0, 0.1) is 0 Å². The van der Waals surface area contributed by atoms with E-state index in [1.807, 2.05) is 12.1 Å². The standard InChI is InChI=1S/C8H7NO/c9-8(10)6-3-1-2-5-4-7(5)6/h1-3H,4H2,(H2,9,10). The number of fused-ring (bicyclic) bond motifs is 1. The van der Waals surface area contributed by atoms with Crippen LogP contribution in [0.25, 0.3) is 0 Å². The van der Waals surface area contributed by atoms with Crippen LogP contribution >= 0.6 is 0 Å². The lowest BCUT2D eigenvalue weighted by molar-refractivity contribution is 0.1000. The molecular formula is C8H7NO. The molecule has 0 heterocycles. The SMILES string of the molecule is NC(=O)c1cccc2c1C2. The second-order valence-corrected chi connectivity index (χ2v) is 2.48. The number of rotatable bonds is 1. The van der Waals surface area contributed by atoms with Gasteiger partial charge in [-0.15, -0.1) is 0 Å². The van der Waals surface area contributed by atoms with Crippen molar-refractivity contribution in [1.82, 2.24) is 0 Å². The van der Waals surface area contributed by atoms with Gasteiger partial charge in [-0.05, 0) is 23.6 Å². The summed E-state index contributed by atoms with van der Waals surface area (Å²) in [6.07, 6.45) is 0.950. The van der Waals surface area contributed by atoms with E-state index in [1.54, 1.807) is 6.07 Å². The minimum Gasteiger partial charge on any atom is -0.366 e. The van der Waals surface area contributed by atoms with Crippen LogP contribution in [-0.4, -0.2) is 5.91 Å². The normalized spacial score (nSPS) is 12.4. The lowest BCUT2D eigenvalue weighted by atomic mass is 10.2. The molecule has 0 saturated heterocycles. The average molecular weight is 133 g/mol. The molecule has 0 aliphatic heterocycles. The molecule has 0 fully saturated rings. The summed E-state index contributed by atoms with van der Waals surface area (Å²) in [4.78, 5) is 10.7. The van der Waals surface area contributed by atoms with Gasteiger partial charge in [0.25, 0.3) is 0 Å². The predicted octanol–water partition coefficient (Wildman–Crippen LogP) is 0.690. The van der Waals surface area contributed by atoms with Crippen molar-refractivity contribution in [2.45, 2.75) is 6.42 Å². The summed E-state index contributed by atoms with van der Waals surface area (Å²) < 4.78 is 0. The first-order valence-corrected chi connectivity index (χ1v) is 3.19. The molecule has 0 atom stereocenters. The lowest BCUT2D eigenvalue weighted by Gasteiger charge is -1.89. The predicted molar refractivity (Wildman–Crippen MR) is 37.8 cm³/mol. The zero-order valence-corrected chi connectivity index (χ0v) is 5.42. The van der Waals surface area contributed by atoms with Crippen molar-refractivity contribution in [1.29, 1.82) is 0 Å². The van der Waals surface area contributed by atoms with E-state index in [4.69, 9.17) is 5.73 Å². The van der Waals surface area contributed by atoms with Crippen molar-refractivity contribution >= 4 is 5.91 Å².